The van der Waals surface area contributed by atoms with Gasteiger partial charge in [0.25, 0.3) is 0 Å². The molecule has 10 heteroatoms. The Hall–Kier alpha value is -2.62. The minimum absolute atomic E-state index is 0.0825. The SMILES string of the molecule is NC(=O)C1(C(=O)N2C[C@@H]3CCN(C(=O)CC(N)Cc4cc(F)c(F)cc4F)[C@@H]3C2)CC1. The van der Waals surface area contributed by atoms with E-state index in [4.69, 9.17) is 11.5 Å². The van der Waals surface area contributed by atoms with E-state index in [1.165, 1.54) is 0 Å². The van der Waals surface area contributed by atoms with Crippen LogP contribution in [0, 0.1) is 28.8 Å². The minimum Gasteiger partial charge on any atom is -0.369 e. The molecule has 168 valence electrons. The average Bonchev–Trinajstić information content (AvgIpc) is 3.26. The number of hydrogen-bond acceptors (Lipinski definition) is 4. The Bertz CT molecular complexity index is 937. The lowest BCUT2D eigenvalue weighted by molar-refractivity contribution is -0.143. The summed E-state index contributed by atoms with van der Waals surface area (Å²) in [7, 11) is 0. The molecule has 0 spiro atoms. The second kappa shape index (κ2) is 7.81. The van der Waals surface area contributed by atoms with E-state index in [-0.39, 0.29) is 42.2 Å². The zero-order valence-corrected chi connectivity index (χ0v) is 17.0. The number of fused-ring (bicyclic) bond motifs is 1. The molecule has 3 aliphatic rings. The lowest BCUT2D eigenvalue weighted by Crippen LogP contribution is -2.46. The van der Waals surface area contributed by atoms with E-state index in [0.717, 1.165) is 12.5 Å². The van der Waals surface area contributed by atoms with Crippen molar-refractivity contribution in [2.45, 2.75) is 44.2 Å². The van der Waals surface area contributed by atoms with Crippen LogP contribution in [0.25, 0.3) is 0 Å². The molecule has 1 aliphatic carbocycles. The van der Waals surface area contributed by atoms with Gasteiger partial charge in [-0.25, -0.2) is 13.2 Å². The van der Waals surface area contributed by atoms with Crippen molar-refractivity contribution in [3.63, 3.8) is 0 Å². The van der Waals surface area contributed by atoms with Gasteiger partial charge in [-0.2, -0.15) is 0 Å². The van der Waals surface area contributed by atoms with Crippen LogP contribution in [-0.2, 0) is 20.8 Å². The first-order valence-corrected chi connectivity index (χ1v) is 10.4. The van der Waals surface area contributed by atoms with Gasteiger partial charge in [-0.3, -0.25) is 14.4 Å². The Kier molecular flexibility index (Phi) is 5.45. The predicted molar refractivity (Wildman–Crippen MR) is 104 cm³/mol. The summed E-state index contributed by atoms with van der Waals surface area (Å²) in [5.74, 6) is -4.32. The van der Waals surface area contributed by atoms with Crippen LogP contribution in [0.1, 0.15) is 31.2 Å². The summed E-state index contributed by atoms with van der Waals surface area (Å²) in [6.07, 6.45) is 1.47. The summed E-state index contributed by atoms with van der Waals surface area (Å²) in [5, 5.41) is 0. The summed E-state index contributed by atoms with van der Waals surface area (Å²) in [5.41, 5.74) is 10.2. The molecule has 4 N–H and O–H groups in total. The first kappa shape index (κ1) is 21.6. The van der Waals surface area contributed by atoms with E-state index in [9.17, 15) is 27.6 Å². The van der Waals surface area contributed by atoms with Gasteiger partial charge in [0, 0.05) is 44.1 Å². The molecule has 3 atom stereocenters. The number of hydrogen-bond donors (Lipinski definition) is 2. The summed E-state index contributed by atoms with van der Waals surface area (Å²) in [4.78, 5) is 40.6. The van der Waals surface area contributed by atoms with Crippen molar-refractivity contribution in [3.05, 3.63) is 35.1 Å². The monoisotopic (exact) mass is 438 g/mol. The van der Waals surface area contributed by atoms with Crippen LogP contribution in [0.3, 0.4) is 0 Å². The number of nitrogens with two attached hydrogens (primary N) is 2. The zero-order chi connectivity index (χ0) is 22.5. The molecular formula is C21H25F3N4O3. The van der Waals surface area contributed by atoms with E-state index in [1.54, 1.807) is 9.80 Å². The maximum Gasteiger partial charge on any atom is 0.238 e. The minimum atomic E-state index is -1.28. The molecule has 1 unspecified atom stereocenters. The van der Waals surface area contributed by atoms with Crippen LogP contribution >= 0.6 is 0 Å². The summed E-state index contributed by atoms with van der Waals surface area (Å²) >= 11 is 0. The van der Waals surface area contributed by atoms with Crippen molar-refractivity contribution in [1.29, 1.82) is 0 Å². The van der Waals surface area contributed by atoms with Gasteiger partial charge < -0.3 is 21.3 Å². The van der Waals surface area contributed by atoms with Crippen molar-refractivity contribution in [1.82, 2.24) is 9.80 Å². The third-order valence-electron chi connectivity index (χ3n) is 6.79. The van der Waals surface area contributed by atoms with Crippen molar-refractivity contribution in [2.24, 2.45) is 22.8 Å². The van der Waals surface area contributed by atoms with Gasteiger partial charge in [-0.05, 0) is 37.3 Å². The van der Waals surface area contributed by atoms with Crippen LogP contribution in [-0.4, -0.2) is 59.2 Å². The van der Waals surface area contributed by atoms with Crippen molar-refractivity contribution >= 4 is 17.7 Å². The van der Waals surface area contributed by atoms with Gasteiger partial charge in [0.2, 0.25) is 17.7 Å². The molecule has 2 saturated heterocycles. The molecule has 1 aromatic carbocycles. The third kappa shape index (κ3) is 3.88. The molecule has 3 amide bonds. The first-order chi connectivity index (χ1) is 14.6. The number of carbonyl (C=O) groups excluding carboxylic acids is 3. The number of carbonyl (C=O) groups is 3. The van der Waals surface area contributed by atoms with Gasteiger partial charge in [0.1, 0.15) is 11.2 Å². The van der Waals surface area contributed by atoms with E-state index in [1.807, 2.05) is 0 Å². The van der Waals surface area contributed by atoms with Crippen LogP contribution in [0.2, 0.25) is 0 Å². The molecule has 0 bridgehead atoms. The number of rotatable bonds is 6. The average molecular weight is 438 g/mol. The van der Waals surface area contributed by atoms with Crippen molar-refractivity contribution < 1.29 is 27.6 Å². The van der Waals surface area contributed by atoms with Crippen molar-refractivity contribution in [2.75, 3.05) is 19.6 Å². The predicted octanol–water partition coefficient (Wildman–Crippen LogP) is 0.689. The van der Waals surface area contributed by atoms with Crippen LogP contribution in [0.5, 0.6) is 0 Å². The van der Waals surface area contributed by atoms with Gasteiger partial charge in [-0.1, -0.05) is 0 Å². The molecule has 2 heterocycles. The highest BCUT2D eigenvalue weighted by molar-refractivity contribution is 6.07. The van der Waals surface area contributed by atoms with Gasteiger partial charge in [0.05, 0.1) is 6.04 Å². The number of benzene rings is 1. The summed E-state index contributed by atoms with van der Waals surface area (Å²) in [6, 6.07) is 0.294. The van der Waals surface area contributed by atoms with E-state index >= 15 is 0 Å². The van der Waals surface area contributed by atoms with E-state index in [0.29, 0.717) is 38.5 Å². The molecule has 31 heavy (non-hydrogen) atoms. The maximum absolute atomic E-state index is 13.9. The highest BCUT2D eigenvalue weighted by Crippen LogP contribution is 2.48. The van der Waals surface area contributed by atoms with Gasteiger partial charge in [0.15, 0.2) is 11.6 Å². The standard InChI is InChI=1S/C21H25F3N4O3/c22-14-8-16(24)15(23)6-12(14)5-13(25)7-18(29)28-4-1-11-9-27(10-17(11)28)20(31)21(2-3-21)19(26)30/h6,8,11,13,17H,1-5,7,9-10,25H2,(H2,26,30)/t11-,13?,17+/m0/s1. The molecule has 3 fully saturated rings. The molecule has 2 aliphatic heterocycles. The highest BCUT2D eigenvalue weighted by Gasteiger charge is 2.59. The Morgan fingerprint density at radius 1 is 1.10 bits per heavy atom. The van der Waals surface area contributed by atoms with Crippen LogP contribution in [0.15, 0.2) is 12.1 Å². The molecule has 0 aromatic heterocycles. The van der Waals surface area contributed by atoms with Gasteiger partial charge in [-0.15, -0.1) is 0 Å². The Balaban J connectivity index is 1.36. The maximum atomic E-state index is 13.9. The Labute approximate surface area is 177 Å². The Morgan fingerprint density at radius 3 is 2.42 bits per heavy atom. The topological polar surface area (TPSA) is 110 Å². The number of halogens is 3. The summed E-state index contributed by atoms with van der Waals surface area (Å²) in [6.45, 7) is 1.36. The van der Waals surface area contributed by atoms with E-state index < -0.39 is 34.8 Å². The number of nitrogens with zero attached hydrogens (tertiary/aromatic N) is 2. The Morgan fingerprint density at radius 2 is 1.77 bits per heavy atom. The van der Waals surface area contributed by atoms with Crippen LogP contribution < -0.4 is 11.5 Å². The van der Waals surface area contributed by atoms with Gasteiger partial charge >= 0.3 is 0 Å². The summed E-state index contributed by atoms with van der Waals surface area (Å²) < 4.78 is 40.3. The normalized spacial score (nSPS) is 24.8. The first-order valence-electron chi connectivity index (χ1n) is 10.4. The van der Waals surface area contributed by atoms with Crippen molar-refractivity contribution in [3.8, 4) is 0 Å². The molecule has 1 saturated carbocycles. The smallest absolute Gasteiger partial charge is 0.238 e. The molecule has 7 nitrogen and oxygen atoms in total. The second-order valence-electron chi connectivity index (χ2n) is 8.89. The molecule has 4 rings (SSSR count). The largest absolute Gasteiger partial charge is 0.369 e. The number of amides is 3. The van der Waals surface area contributed by atoms with E-state index in [2.05, 4.69) is 0 Å². The fraction of sp³-hybridized carbons (Fsp3) is 0.571. The zero-order valence-electron chi connectivity index (χ0n) is 17.0. The fourth-order valence-corrected chi connectivity index (χ4v) is 4.85. The molecule has 0 radical (unpaired) electrons. The second-order valence-corrected chi connectivity index (χ2v) is 8.89. The number of likely N-dealkylation sites (tertiary alicyclic amines) is 2. The molecular weight excluding hydrogens is 413 g/mol. The lowest BCUT2D eigenvalue weighted by atomic mass is 10.0. The lowest BCUT2D eigenvalue weighted by Gasteiger charge is -2.27. The quantitative estimate of drug-likeness (QED) is 0.503. The number of primary amides is 1. The highest BCUT2D eigenvalue weighted by atomic mass is 19.2. The van der Waals surface area contributed by atoms with Crippen LogP contribution in [0.4, 0.5) is 13.2 Å². The third-order valence-corrected chi connectivity index (χ3v) is 6.79. The molecule has 1 aromatic rings. The fourth-order valence-electron chi connectivity index (χ4n) is 4.85.